The molecule has 140 valence electrons. The van der Waals surface area contributed by atoms with Crippen LogP contribution >= 0.6 is 0 Å². The van der Waals surface area contributed by atoms with Crippen molar-refractivity contribution < 1.29 is 22.5 Å². The van der Waals surface area contributed by atoms with Gasteiger partial charge in [-0.1, -0.05) is 5.16 Å². The number of hydrogen-bond donors (Lipinski definition) is 0. The van der Waals surface area contributed by atoms with Gasteiger partial charge in [-0.25, -0.2) is 8.42 Å². The highest BCUT2D eigenvalue weighted by Crippen LogP contribution is 2.32. The van der Waals surface area contributed by atoms with Crippen molar-refractivity contribution in [2.24, 2.45) is 0 Å². The molecule has 2 fully saturated rings. The molecular formula is C15H24N4O5S. The van der Waals surface area contributed by atoms with Crippen LogP contribution in [0.3, 0.4) is 0 Å². The van der Waals surface area contributed by atoms with Gasteiger partial charge in [-0.3, -0.25) is 4.79 Å². The average Bonchev–Trinajstić information content (AvgIpc) is 3.13. The number of amides is 1. The van der Waals surface area contributed by atoms with Crippen LogP contribution in [0.5, 0.6) is 0 Å². The lowest BCUT2D eigenvalue weighted by Gasteiger charge is -2.25. The second-order valence-corrected chi connectivity index (χ2v) is 8.78. The van der Waals surface area contributed by atoms with Crippen molar-refractivity contribution in [3.63, 3.8) is 0 Å². The van der Waals surface area contributed by atoms with Gasteiger partial charge in [0.2, 0.25) is 15.9 Å². The van der Waals surface area contributed by atoms with E-state index in [1.807, 2.05) is 0 Å². The third-order valence-corrected chi connectivity index (χ3v) is 5.82. The Balaban J connectivity index is 1.60. The van der Waals surface area contributed by atoms with E-state index in [-0.39, 0.29) is 37.2 Å². The quantitative estimate of drug-likeness (QED) is 0.685. The Bertz CT molecular complexity index is 730. The maximum Gasteiger partial charge on any atom is 0.255 e. The fourth-order valence-electron chi connectivity index (χ4n) is 2.94. The van der Waals surface area contributed by atoms with Crippen LogP contribution in [-0.4, -0.2) is 72.2 Å². The maximum atomic E-state index is 12.3. The normalized spacial score (nSPS) is 24.0. The third-order valence-electron chi connectivity index (χ3n) is 4.60. The minimum atomic E-state index is -3.51. The van der Waals surface area contributed by atoms with Crippen molar-refractivity contribution in [1.29, 1.82) is 0 Å². The second-order valence-electron chi connectivity index (χ2n) is 6.80. The van der Waals surface area contributed by atoms with E-state index in [1.54, 1.807) is 18.9 Å². The molecule has 2 aliphatic rings. The SMILES string of the molecule is Cc1noc([C@H]2CC[C@@H](CN(CC(=O)N(C)C3CC3)S(C)(=O)=O)O2)n1. The molecule has 2 heterocycles. The van der Waals surface area contributed by atoms with Gasteiger partial charge >= 0.3 is 0 Å². The van der Waals surface area contributed by atoms with Gasteiger partial charge in [0.1, 0.15) is 6.10 Å². The maximum absolute atomic E-state index is 12.3. The number of nitrogens with zero attached hydrogens (tertiary/aromatic N) is 4. The Morgan fingerprint density at radius 1 is 1.28 bits per heavy atom. The van der Waals surface area contributed by atoms with Gasteiger partial charge in [-0.05, 0) is 32.6 Å². The molecule has 1 saturated heterocycles. The second kappa shape index (κ2) is 7.00. The molecule has 25 heavy (non-hydrogen) atoms. The van der Waals surface area contributed by atoms with Crippen molar-refractivity contribution in [2.75, 3.05) is 26.4 Å². The zero-order valence-corrected chi connectivity index (χ0v) is 15.5. The summed E-state index contributed by atoms with van der Waals surface area (Å²) in [6.45, 7) is 1.72. The Hall–Kier alpha value is -1.52. The monoisotopic (exact) mass is 372 g/mol. The van der Waals surface area contributed by atoms with E-state index < -0.39 is 10.0 Å². The molecule has 0 unspecified atom stereocenters. The topological polar surface area (TPSA) is 106 Å². The zero-order valence-electron chi connectivity index (χ0n) is 14.7. The molecule has 1 aromatic rings. The van der Waals surface area contributed by atoms with E-state index in [1.165, 1.54) is 4.31 Å². The Labute approximate surface area is 147 Å². The Morgan fingerprint density at radius 3 is 2.56 bits per heavy atom. The Morgan fingerprint density at radius 2 is 2.00 bits per heavy atom. The summed E-state index contributed by atoms with van der Waals surface area (Å²) in [5.74, 6) is 0.763. The van der Waals surface area contributed by atoms with Crippen LogP contribution in [0, 0.1) is 6.92 Å². The predicted molar refractivity (Wildman–Crippen MR) is 88.1 cm³/mol. The van der Waals surface area contributed by atoms with Gasteiger partial charge in [-0.2, -0.15) is 9.29 Å². The average molecular weight is 372 g/mol. The molecular weight excluding hydrogens is 348 g/mol. The van der Waals surface area contributed by atoms with Crippen LogP contribution < -0.4 is 0 Å². The van der Waals surface area contributed by atoms with Crippen molar-refractivity contribution in [3.8, 4) is 0 Å². The number of hydrogen-bond acceptors (Lipinski definition) is 7. The first-order chi connectivity index (χ1) is 11.7. The van der Waals surface area contributed by atoms with Crippen LogP contribution in [0.25, 0.3) is 0 Å². The summed E-state index contributed by atoms with van der Waals surface area (Å²) in [5, 5.41) is 3.75. The first kappa shape index (κ1) is 18.3. The molecule has 9 nitrogen and oxygen atoms in total. The fourth-order valence-corrected chi connectivity index (χ4v) is 3.72. The predicted octanol–water partition coefficient (Wildman–Crippen LogP) is 0.481. The van der Waals surface area contributed by atoms with Crippen LogP contribution in [-0.2, 0) is 19.6 Å². The summed E-state index contributed by atoms with van der Waals surface area (Å²) in [6, 6.07) is 0.252. The van der Waals surface area contributed by atoms with E-state index >= 15 is 0 Å². The van der Waals surface area contributed by atoms with E-state index in [0.717, 1.165) is 19.1 Å². The fraction of sp³-hybridized carbons (Fsp3) is 0.800. The molecule has 1 aliphatic heterocycles. The summed E-state index contributed by atoms with van der Waals surface area (Å²) in [7, 11) is -1.79. The number of rotatable bonds is 7. The molecule has 2 atom stereocenters. The molecule has 10 heteroatoms. The first-order valence-corrected chi connectivity index (χ1v) is 10.3. The van der Waals surface area contributed by atoms with E-state index in [9.17, 15) is 13.2 Å². The van der Waals surface area contributed by atoms with Gasteiger partial charge in [0.25, 0.3) is 5.89 Å². The van der Waals surface area contributed by atoms with Gasteiger partial charge in [-0.15, -0.1) is 0 Å². The Kier molecular flexibility index (Phi) is 5.12. The first-order valence-electron chi connectivity index (χ1n) is 8.40. The van der Waals surface area contributed by atoms with Crippen molar-refractivity contribution in [1.82, 2.24) is 19.3 Å². The van der Waals surface area contributed by atoms with Gasteiger partial charge in [0.15, 0.2) is 5.82 Å². The summed E-state index contributed by atoms with van der Waals surface area (Å²) in [6.07, 6.45) is 3.81. The summed E-state index contributed by atoms with van der Waals surface area (Å²) in [4.78, 5) is 18.1. The van der Waals surface area contributed by atoms with Gasteiger partial charge in [0.05, 0.1) is 18.9 Å². The number of aromatic nitrogens is 2. The lowest BCUT2D eigenvalue weighted by molar-refractivity contribution is -0.130. The van der Waals surface area contributed by atoms with Crippen LogP contribution in [0.15, 0.2) is 4.52 Å². The van der Waals surface area contributed by atoms with Gasteiger partial charge < -0.3 is 14.2 Å². The molecule has 3 rings (SSSR count). The van der Waals surface area contributed by atoms with Crippen LogP contribution in [0.1, 0.15) is 43.5 Å². The highest BCUT2D eigenvalue weighted by Gasteiger charge is 2.35. The lowest BCUT2D eigenvalue weighted by Crippen LogP contribution is -2.44. The number of carbonyl (C=O) groups is 1. The minimum absolute atomic E-state index is 0.146. The molecule has 1 amide bonds. The summed E-state index contributed by atoms with van der Waals surface area (Å²) >= 11 is 0. The summed E-state index contributed by atoms with van der Waals surface area (Å²) in [5.41, 5.74) is 0. The highest BCUT2D eigenvalue weighted by molar-refractivity contribution is 7.88. The number of aryl methyl sites for hydroxylation is 1. The molecule has 0 bridgehead atoms. The zero-order chi connectivity index (χ0) is 18.2. The molecule has 0 spiro atoms. The van der Waals surface area contributed by atoms with Crippen molar-refractivity contribution >= 4 is 15.9 Å². The van der Waals surface area contributed by atoms with Crippen molar-refractivity contribution in [3.05, 3.63) is 11.7 Å². The number of carbonyl (C=O) groups excluding carboxylic acids is 1. The van der Waals surface area contributed by atoms with Crippen LogP contribution in [0.4, 0.5) is 0 Å². The van der Waals surface area contributed by atoms with Gasteiger partial charge in [0, 0.05) is 19.6 Å². The number of likely N-dealkylation sites (N-methyl/N-ethyl adjacent to an activating group) is 1. The standard InChI is InChI=1S/C15H24N4O5S/c1-10-16-15(24-17-10)13-7-6-12(23-13)8-19(25(3,21)22)9-14(20)18(2)11-4-5-11/h11-13H,4-9H2,1-3H3/t12-,13+/m0/s1. The van der Waals surface area contributed by atoms with E-state index in [4.69, 9.17) is 9.26 Å². The number of ether oxygens (including phenoxy) is 1. The molecule has 0 aromatic carbocycles. The molecule has 1 saturated carbocycles. The van der Waals surface area contributed by atoms with E-state index in [0.29, 0.717) is 24.6 Å². The highest BCUT2D eigenvalue weighted by atomic mass is 32.2. The molecule has 0 radical (unpaired) electrons. The minimum Gasteiger partial charge on any atom is -0.364 e. The molecule has 1 aliphatic carbocycles. The van der Waals surface area contributed by atoms with E-state index in [2.05, 4.69) is 10.1 Å². The molecule has 1 aromatic heterocycles. The lowest BCUT2D eigenvalue weighted by atomic mass is 10.2. The molecule has 0 N–H and O–H groups in total. The third kappa shape index (κ3) is 4.56. The van der Waals surface area contributed by atoms with Crippen LogP contribution in [0.2, 0.25) is 0 Å². The van der Waals surface area contributed by atoms with Crippen molar-refractivity contribution in [2.45, 2.75) is 50.9 Å². The largest absolute Gasteiger partial charge is 0.364 e. The smallest absolute Gasteiger partial charge is 0.255 e. The number of sulfonamides is 1. The summed E-state index contributed by atoms with van der Waals surface area (Å²) < 4.78 is 36.3.